The molecule has 0 atom stereocenters. The molecule has 0 spiro atoms. The molecule has 2 N–H and O–H groups in total. The third-order valence-electron chi connectivity index (χ3n) is 4.97. The number of nitrogens with zero attached hydrogens (tertiary/aromatic N) is 3. The van der Waals surface area contributed by atoms with Gasteiger partial charge in [-0.2, -0.15) is 0 Å². The molecule has 0 fully saturated rings. The van der Waals surface area contributed by atoms with Crippen LogP contribution < -0.4 is 9.46 Å². The molecule has 4 aromatic rings. The van der Waals surface area contributed by atoms with Crippen LogP contribution in [0.2, 0.25) is 0 Å². The van der Waals surface area contributed by atoms with Crippen LogP contribution in [0.15, 0.2) is 88.9 Å². The normalized spacial score (nSPS) is 11.2. The van der Waals surface area contributed by atoms with Gasteiger partial charge in [0.1, 0.15) is 5.75 Å². The molecule has 0 aliphatic carbocycles. The van der Waals surface area contributed by atoms with Gasteiger partial charge >= 0.3 is 5.97 Å². The summed E-state index contributed by atoms with van der Waals surface area (Å²) in [6.07, 6.45) is 0. The molecule has 35 heavy (non-hydrogen) atoms. The smallest absolute Gasteiger partial charge is 0.313 e. The Morgan fingerprint density at radius 1 is 1.03 bits per heavy atom. The summed E-state index contributed by atoms with van der Waals surface area (Å²) in [4.78, 5) is 11.2. The minimum atomic E-state index is -3.88. The topological polar surface area (TPSA) is 123 Å². The van der Waals surface area contributed by atoms with E-state index in [1.54, 1.807) is 41.0 Å². The first-order chi connectivity index (χ1) is 16.9. The molecule has 0 aliphatic rings. The highest BCUT2D eigenvalue weighted by Crippen LogP contribution is 2.28. The van der Waals surface area contributed by atoms with Crippen LogP contribution in [0.4, 0.5) is 5.69 Å². The van der Waals surface area contributed by atoms with E-state index >= 15 is 0 Å². The molecule has 180 valence electrons. The zero-order valence-electron chi connectivity index (χ0n) is 18.7. The van der Waals surface area contributed by atoms with E-state index in [1.807, 2.05) is 30.3 Å². The number of rotatable bonds is 10. The number of carboxylic acids is 1. The van der Waals surface area contributed by atoms with Gasteiger partial charge in [-0.3, -0.25) is 14.1 Å². The van der Waals surface area contributed by atoms with E-state index in [-0.39, 0.29) is 10.6 Å². The summed E-state index contributed by atoms with van der Waals surface area (Å²) in [6.45, 7) is 0.395. The molecule has 4 rings (SSSR count). The SMILES string of the molecule is COc1ccc(NS(=O)(=O)c2cccc(-c3nnc(SCC(=O)O)n3Cc3ccccc3)c2)cc1. The molecule has 0 saturated carbocycles. The fourth-order valence-corrected chi connectivity index (χ4v) is 5.08. The van der Waals surface area contributed by atoms with Gasteiger partial charge in [-0.1, -0.05) is 54.2 Å². The van der Waals surface area contributed by atoms with E-state index in [4.69, 9.17) is 9.84 Å². The Labute approximate surface area is 206 Å². The van der Waals surface area contributed by atoms with Gasteiger partial charge in [-0.05, 0) is 42.0 Å². The lowest BCUT2D eigenvalue weighted by atomic mass is 10.2. The van der Waals surface area contributed by atoms with Crippen LogP contribution in [0.3, 0.4) is 0 Å². The second-order valence-corrected chi connectivity index (χ2v) is 10.0. The number of carbonyl (C=O) groups is 1. The number of carboxylic acid groups (broad SMARTS) is 1. The monoisotopic (exact) mass is 510 g/mol. The molecule has 0 saturated heterocycles. The van der Waals surface area contributed by atoms with Crippen LogP contribution in [-0.4, -0.2) is 47.1 Å². The fourth-order valence-electron chi connectivity index (χ4n) is 3.32. The van der Waals surface area contributed by atoms with E-state index in [9.17, 15) is 13.2 Å². The molecule has 11 heteroatoms. The average molecular weight is 511 g/mol. The average Bonchev–Trinajstić information content (AvgIpc) is 3.26. The van der Waals surface area contributed by atoms with E-state index in [0.29, 0.717) is 34.5 Å². The first kappa shape index (κ1) is 24.3. The highest BCUT2D eigenvalue weighted by atomic mass is 32.2. The first-order valence-electron chi connectivity index (χ1n) is 10.4. The van der Waals surface area contributed by atoms with Crippen molar-refractivity contribution in [2.75, 3.05) is 17.6 Å². The number of thioether (sulfide) groups is 1. The zero-order valence-corrected chi connectivity index (χ0v) is 20.3. The largest absolute Gasteiger partial charge is 0.497 e. The predicted octanol–water partition coefficient (Wildman–Crippen LogP) is 3.98. The van der Waals surface area contributed by atoms with Crippen LogP contribution in [-0.2, 0) is 21.4 Å². The number of methoxy groups -OCH3 is 1. The standard InChI is InChI=1S/C24H22N4O5S2/c1-33-20-12-10-19(11-13-20)27-35(31,32)21-9-5-8-18(14-21)23-25-26-24(34-16-22(29)30)28(23)15-17-6-3-2-4-7-17/h2-14,27H,15-16H2,1H3,(H,29,30). The highest BCUT2D eigenvalue weighted by Gasteiger charge is 2.20. The van der Waals surface area contributed by atoms with Crippen LogP contribution in [0, 0.1) is 0 Å². The Morgan fingerprint density at radius 2 is 1.77 bits per heavy atom. The van der Waals surface area contributed by atoms with Crippen molar-refractivity contribution in [2.45, 2.75) is 16.6 Å². The van der Waals surface area contributed by atoms with Crippen molar-refractivity contribution in [1.82, 2.24) is 14.8 Å². The number of aromatic nitrogens is 3. The number of anilines is 1. The summed E-state index contributed by atoms with van der Waals surface area (Å²) in [6, 6.07) is 22.5. The number of nitrogens with one attached hydrogen (secondary N) is 1. The van der Waals surface area contributed by atoms with E-state index in [2.05, 4.69) is 14.9 Å². The number of hydrogen-bond acceptors (Lipinski definition) is 7. The number of benzene rings is 3. The van der Waals surface area contributed by atoms with Crippen molar-refractivity contribution in [1.29, 1.82) is 0 Å². The van der Waals surface area contributed by atoms with Gasteiger partial charge in [0.05, 0.1) is 24.3 Å². The molecule has 1 aromatic heterocycles. The van der Waals surface area contributed by atoms with Crippen LogP contribution in [0.5, 0.6) is 5.75 Å². The summed E-state index contributed by atoms with van der Waals surface area (Å²) in [7, 11) is -2.35. The van der Waals surface area contributed by atoms with Gasteiger partial charge in [0.15, 0.2) is 11.0 Å². The minimum absolute atomic E-state index is 0.0554. The van der Waals surface area contributed by atoms with E-state index in [1.165, 1.54) is 19.2 Å². The van der Waals surface area contributed by atoms with Gasteiger partial charge in [0, 0.05) is 11.3 Å². The summed E-state index contributed by atoms with van der Waals surface area (Å²) in [5.41, 5.74) is 1.90. The quantitative estimate of drug-likeness (QED) is 0.307. The van der Waals surface area contributed by atoms with Gasteiger partial charge in [-0.15, -0.1) is 10.2 Å². The molecular formula is C24H22N4O5S2. The lowest BCUT2D eigenvalue weighted by Gasteiger charge is -2.12. The van der Waals surface area contributed by atoms with Gasteiger partial charge in [-0.25, -0.2) is 8.42 Å². The molecule has 0 radical (unpaired) electrons. The third-order valence-corrected chi connectivity index (χ3v) is 7.30. The lowest BCUT2D eigenvalue weighted by molar-refractivity contribution is -0.133. The molecule has 3 aromatic carbocycles. The van der Waals surface area contributed by atoms with Gasteiger partial charge in [0.25, 0.3) is 10.0 Å². The first-order valence-corrected chi connectivity index (χ1v) is 12.9. The van der Waals surface area contributed by atoms with Crippen molar-refractivity contribution in [3.8, 4) is 17.1 Å². The van der Waals surface area contributed by atoms with E-state index in [0.717, 1.165) is 17.3 Å². The number of ether oxygens (including phenoxy) is 1. The molecular weight excluding hydrogens is 488 g/mol. The number of hydrogen-bond donors (Lipinski definition) is 2. The number of aliphatic carboxylic acids is 1. The molecule has 0 aliphatic heterocycles. The highest BCUT2D eigenvalue weighted by molar-refractivity contribution is 7.99. The Balaban J connectivity index is 1.67. The minimum Gasteiger partial charge on any atom is -0.497 e. The fraction of sp³-hybridized carbons (Fsp3) is 0.125. The van der Waals surface area contributed by atoms with Crippen LogP contribution >= 0.6 is 11.8 Å². The molecule has 0 amide bonds. The summed E-state index contributed by atoms with van der Waals surface area (Å²) >= 11 is 1.05. The number of sulfonamides is 1. The maximum absolute atomic E-state index is 13.0. The Hall–Kier alpha value is -3.83. The van der Waals surface area contributed by atoms with Gasteiger partial charge < -0.3 is 9.84 Å². The summed E-state index contributed by atoms with van der Waals surface area (Å²) in [5, 5.41) is 18.0. The summed E-state index contributed by atoms with van der Waals surface area (Å²) in [5.74, 6) is -0.0938. The van der Waals surface area contributed by atoms with Crippen molar-refractivity contribution >= 4 is 33.4 Å². The maximum atomic E-state index is 13.0. The third kappa shape index (κ3) is 6.00. The van der Waals surface area contributed by atoms with Crippen LogP contribution in [0.1, 0.15) is 5.56 Å². The molecule has 9 nitrogen and oxygen atoms in total. The van der Waals surface area contributed by atoms with Crippen molar-refractivity contribution in [3.05, 3.63) is 84.4 Å². The second kappa shape index (κ2) is 10.6. The van der Waals surface area contributed by atoms with Crippen molar-refractivity contribution in [2.24, 2.45) is 0 Å². The Morgan fingerprint density at radius 3 is 2.46 bits per heavy atom. The van der Waals surface area contributed by atoms with Crippen molar-refractivity contribution in [3.63, 3.8) is 0 Å². The van der Waals surface area contributed by atoms with Crippen LogP contribution in [0.25, 0.3) is 11.4 Å². The zero-order chi connectivity index (χ0) is 24.8. The van der Waals surface area contributed by atoms with Crippen molar-refractivity contribution < 1.29 is 23.1 Å². The maximum Gasteiger partial charge on any atom is 0.313 e. The van der Waals surface area contributed by atoms with E-state index < -0.39 is 16.0 Å². The lowest BCUT2D eigenvalue weighted by Crippen LogP contribution is -2.13. The molecule has 1 heterocycles. The predicted molar refractivity (Wildman–Crippen MR) is 133 cm³/mol. The Bertz CT molecular complexity index is 1420. The molecule has 0 bridgehead atoms. The Kier molecular flexibility index (Phi) is 7.37. The van der Waals surface area contributed by atoms with Gasteiger partial charge in [0.2, 0.25) is 0 Å². The second-order valence-electron chi connectivity index (χ2n) is 7.42. The summed E-state index contributed by atoms with van der Waals surface area (Å²) < 4.78 is 35.5. The molecule has 0 unspecified atom stereocenters.